The average Bonchev–Trinajstić information content (AvgIpc) is 3.00. The molecule has 0 unspecified atom stereocenters. The SMILES string of the molecule is COc1ccc(OC)c(S(=O)(=O)N[C@@H](C)[C@@H]2CCCO2)c1. The first kappa shape index (κ1) is 16.1. The van der Waals surface area contributed by atoms with E-state index >= 15 is 0 Å². The summed E-state index contributed by atoms with van der Waals surface area (Å²) in [5.41, 5.74) is 0. The molecular formula is C14H21NO5S. The molecule has 1 N–H and O–H groups in total. The second-order valence-corrected chi connectivity index (χ2v) is 6.66. The highest BCUT2D eigenvalue weighted by molar-refractivity contribution is 7.89. The molecule has 2 atom stereocenters. The van der Waals surface area contributed by atoms with Crippen LogP contribution < -0.4 is 14.2 Å². The van der Waals surface area contributed by atoms with Crippen LogP contribution in [-0.2, 0) is 14.8 Å². The highest BCUT2D eigenvalue weighted by Gasteiger charge is 2.28. The maximum atomic E-state index is 12.5. The van der Waals surface area contributed by atoms with Crippen LogP contribution in [0.2, 0.25) is 0 Å². The van der Waals surface area contributed by atoms with Gasteiger partial charge >= 0.3 is 0 Å². The van der Waals surface area contributed by atoms with E-state index in [-0.39, 0.29) is 22.8 Å². The summed E-state index contributed by atoms with van der Waals surface area (Å²) in [6, 6.07) is 4.38. The summed E-state index contributed by atoms with van der Waals surface area (Å²) in [6.07, 6.45) is 1.73. The monoisotopic (exact) mass is 315 g/mol. The molecule has 1 aliphatic rings. The van der Waals surface area contributed by atoms with Crippen LogP contribution in [0.15, 0.2) is 23.1 Å². The van der Waals surface area contributed by atoms with E-state index in [0.29, 0.717) is 12.4 Å². The zero-order chi connectivity index (χ0) is 15.5. The number of rotatable bonds is 6. The van der Waals surface area contributed by atoms with Gasteiger partial charge in [0, 0.05) is 18.7 Å². The van der Waals surface area contributed by atoms with E-state index < -0.39 is 10.0 Å². The molecule has 1 aromatic carbocycles. The van der Waals surface area contributed by atoms with E-state index in [4.69, 9.17) is 14.2 Å². The van der Waals surface area contributed by atoms with E-state index in [2.05, 4.69) is 4.72 Å². The Morgan fingerprint density at radius 1 is 1.33 bits per heavy atom. The molecule has 0 aromatic heterocycles. The van der Waals surface area contributed by atoms with Crippen LogP contribution in [-0.4, -0.2) is 41.4 Å². The molecule has 0 spiro atoms. The normalized spacial score (nSPS) is 20.2. The average molecular weight is 315 g/mol. The lowest BCUT2D eigenvalue weighted by molar-refractivity contribution is 0.0902. The molecule has 0 radical (unpaired) electrons. The van der Waals surface area contributed by atoms with Gasteiger partial charge in [0.25, 0.3) is 0 Å². The van der Waals surface area contributed by atoms with Crippen LogP contribution in [0.5, 0.6) is 11.5 Å². The molecule has 0 bridgehead atoms. The van der Waals surface area contributed by atoms with Crippen LogP contribution in [0.4, 0.5) is 0 Å². The van der Waals surface area contributed by atoms with Gasteiger partial charge in [-0.15, -0.1) is 0 Å². The Bertz CT molecular complexity index is 581. The number of hydrogen-bond acceptors (Lipinski definition) is 5. The summed E-state index contributed by atoms with van der Waals surface area (Å²) < 4.78 is 43.5. The Morgan fingerprint density at radius 3 is 2.67 bits per heavy atom. The van der Waals surface area contributed by atoms with Crippen molar-refractivity contribution in [3.63, 3.8) is 0 Å². The number of nitrogens with one attached hydrogen (secondary N) is 1. The van der Waals surface area contributed by atoms with Crippen molar-refractivity contribution in [1.29, 1.82) is 0 Å². The first-order chi connectivity index (χ1) is 9.97. The van der Waals surface area contributed by atoms with Gasteiger partial charge in [-0.2, -0.15) is 0 Å². The summed E-state index contributed by atoms with van der Waals surface area (Å²) in [6.45, 7) is 2.49. The molecule has 1 saturated heterocycles. The molecule has 0 aliphatic carbocycles. The molecule has 6 nitrogen and oxygen atoms in total. The summed E-state index contributed by atoms with van der Waals surface area (Å²) >= 11 is 0. The van der Waals surface area contributed by atoms with Crippen LogP contribution in [0, 0.1) is 0 Å². The second-order valence-electron chi connectivity index (χ2n) is 4.98. The minimum absolute atomic E-state index is 0.0641. The van der Waals surface area contributed by atoms with Crippen molar-refractivity contribution >= 4 is 10.0 Å². The lowest BCUT2D eigenvalue weighted by Crippen LogP contribution is -2.40. The van der Waals surface area contributed by atoms with E-state index in [1.807, 2.05) is 0 Å². The number of benzene rings is 1. The summed E-state index contributed by atoms with van der Waals surface area (Å²) in [7, 11) is -0.786. The van der Waals surface area contributed by atoms with Gasteiger partial charge in [-0.1, -0.05) is 0 Å². The van der Waals surface area contributed by atoms with E-state index in [0.717, 1.165) is 12.8 Å². The summed E-state index contributed by atoms with van der Waals surface area (Å²) in [4.78, 5) is 0.0641. The minimum atomic E-state index is -3.71. The summed E-state index contributed by atoms with van der Waals surface area (Å²) in [5, 5.41) is 0. The highest BCUT2D eigenvalue weighted by atomic mass is 32.2. The maximum absolute atomic E-state index is 12.5. The Morgan fingerprint density at radius 2 is 2.10 bits per heavy atom. The molecule has 118 valence electrons. The van der Waals surface area contributed by atoms with Crippen molar-refractivity contribution in [3.8, 4) is 11.5 Å². The van der Waals surface area contributed by atoms with Crippen LogP contribution in [0.3, 0.4) is 0 Å². The van der Waals surface area contributed by atoms with Gasteiger partial charge in [-0.05, 0) is 31.9 Å². The smallest absolute Gasteiger partial charge is 0.244 e. The van der Waals surface area contributed by atoms with E-state index in [1.54, 1.807) is 19.1 Å². The van der Waals surface area contributed by atoms with Crippen molar-refractivity contribution < 1.29 is 22.6 Å². The van der Waals surface area contributed by atoms with E-state index in [9.17, 15) is 8.42 Å². The predicted octanol–water partition coefficient (Wildman–Crippen LogP) is 1.55. The second kappa shape index (κ2) is 6.64. The third-order valence-corrected chi connectivity index (χ3v) is 5.10. The van der Waals surface area contributed by atoms with E-state index in [1.165, 1.54) is 20.3 Å². The fourth-order valence-corrected chi connectivity index (χ4v) is 3.83. The van der Waals surface area contributed by atoms with Gasteiger partial charge < -0.3 is 14.2 Å². The van der Waals surface area contributed by atoms with Crippen molar-refractivity contribution in [2.75, 3.05) is 20.8 Å². The number of ether oxygens (including phenoxy) is 3. The molecule has 1 aromatic rings. The highest BCUT2D eigenvalue weighted by Crippen LogP contribution is 2.28. The van der Waals surface area contributed by atoms with Crippen molar-refractivity contribution in [2.45, 2.75) is 36.8 Å². The molecule has 21 heavy (non-hydrogen) atoms. The van der Waals surface area contributed by atoms with Gasteiger partial charge in [0.05, 0.1) is 20.3 Å². The molecule has 2 rings (SSSR count). The van der Waals surface area contributed by atoms with Crippen LogP contribution in [0.1, 0.15) is 19.8 Å². The molecule has 7 heteroatoms. The largest absolute Gasteiger partial charge is 0.497 e. The quantitative estimate of drug-likeness (QED) is 0.862. The predicted molar refractivity (Wildman–Crippen MR) is 78.3 cm³/mol. The van der Waals surface area contributed by atoms with Gasteiger partial charge in [0.15, 0.2) is 0 Å². The number of sulfonamides is 1. The fraction of sp³-hybridized carbons (Fsp3) is 0.571. The molecule has 0 saturated carbocycles. The summed E-state index contributed by atoms with van der Waals surface area (Å²) in [5.74, 6) is 0.740. The molecule has 1 heterocycles. The molecule has 1 fully saturated rings. The van der Waals surface area contributed by atoms with Gasteiger partial charge in [-0.25, -0.2) is 13.1 Å². The lowest BCUT2D eigenvalue weighted by Gasteiger charge is -2.20. The maximum Gasteiger partial charge on any atom is 0.244 e. The Kier molecular flexibility index (Phi) is 5.08. The topological polar surface area (TPSA) is 73.9 Å². The third kappa shape index (κ3) is 3.66. The Balaban J connectivity index is 2.25. The van der Waals surface area contributed by atoms with Crippen molar-refractivity contribution in [1.82, 2.24) is 4.72 Å². The first-order valence-corrected chi connectivity index (χ1v) is 8.32. The van der Waals surface area contributed by atoms with Crippen LogP contribution >= 0.6 is 0 Å². The molecular weight excluding hydrogens is 294 g/mol. The molecule has 0 amide bonds. The third-order valence-electron chi connectivity index (χ3n) is 3.52. The first-order valence-electron chi connectivity index (χ1n) is 6.84. The fourth-order valence-electron chi connectivity index (χ4n) is 2.38. The van der Waals surface area contributed by atoms with Crippen molar-refractivity contribution in [2.24, 2.45) is 0 Å². The Hall–Kier alpha value is -1.31. The van der Waals surface area contributed by atoms with Gasteiger partial charge in [0.2, 0.25) is 10.0 Å². The zero-order valence-corrected chi connectivity index (χ0v) is 13.3. The minimum Gasteiger partial charge on any atom is -0.497 e. The number of hydrogen-bond donors (Lipinski definition) is 1. The van der Waals surface area contributed by atoms with Crippen molar-refractivity contribution in [3.05, 3.63) is 18.2 Å². The lowest BCUT2D eigenvalue weighted by atomic mass is 10.1. The Labute approximate surface area is 125 Å². The van der Waals surface area contributed by atoms with Gasteiger partial charge in [-0.3, -0.25) is 0 Å². The number of methoxy groups -OCH3 is 2. The van der Waals surface area contributed by atoms with Crippen LogP contribution in [0.25, 0.3) is 0 Å². The van der Waals surface area contributed by atoms with Gasteiger partial charge in [0.1, 0.15) is 16.4 Å². The standard InChI is InChI=1S/C14H21NO5S/c1-10(12-5-4-8-20-12)15-21(16,17)14-9-11(18-2)6-7-13(14)19-3/h6-7,9-10,12,15H,4-5,8H2,1-3H3/t10-,12-/m0/s1. The zero-order valence-electron chi connectivity index (χ0n) is 12.5. The molecule has 1 aliphatic heterocycles.